The van der Waals surface area contributed by atoms with Crippen LogP contribution in [-0.2, 0) is 10.1 Å². The first-order valence-corrected chi connectivity index (χ1v) is 12.9. The fraction of sp³-hybridized carbons (Fsp3) is 0.304. The van der Waals surface area contributed by atoms with Crippen molar-refractivity contribution in [2.24, 2.45) is 5.73 Å². The van der Waals surface area contributed by atoms with E-state index < -0.39 is 10.1 Å². The minimum absolute atomic E-state index is 0.0436. The SMILES string of the molecule is NCCCN1C=CC(=CC2Sc3ccccc3N2CCCS(=O)(=O)O)c2ccccc21. The molecule has 0 fully saturated rings. The smallest absolute Gasteiger partial charge is 0.264 e. The number of rotatable bonds is 8. The molecule has 0 aromatic heterocycles. The van der Waals surface area contributed by atoms with Gasteiger partial charge in [0, 0.05) is 35.4 Å². The molecule has 1 atom stereocenters. The van der Waals surface area contributed by atoms with Gasteiger partial charge in [-0.25, -0.2) is 0 Å². The number of allylic oxidation sites excluding steroid dienone is 2. The fourth-order valence-corrected chi connectivity index (χ4v) is 5.76. The Labute approximate surface area is 188 Å². The number of nitrogens with zero attached hydrogens (tertiary/aromatic N) is 2. The Bertz CT molecular complexity index is 1100. The molecule has 2 heterocycles. The van der Waals surface area contributed by atoms with E-state index in [1.54, 1.807) is 11.8 Å². The van der Waals surface area contributed by atoms with Gasteiger partial charge in [0.2, 0.25) is 0 Å². The summed E-state index contributed by atoms with van der Waals surface area (Å²) in [5.74, 6) is -0.238. The first kappa shape index (κ1) is 22.0. The molecule has 8 heteroatoms. The predicted octanol–water partition coefficient (Wildman–Crippen LogP) is 3.97. The Kier molecular flexibility index (Phi) is 6.71. The Morgan fingerprint density at radius 2 is 1.77 bits per heavy atom. The zero-order valence-electron chi connectivity index (χ0n) is 17.2. The number of hydrogen-bond acceptors (Lipinski definition) is 6. The average molecular weight is 458 g/mol. The topological polar surface area (TPSA) is 86.9 Å². The first-order chi connectivity index (χ1) is 15.0. The minimum Gasteiger partial charge on any atom is -0.355 e. The number of thioether (sulfide) groups is 1. The van der Waals surface area contributed by atoms with Crippen LogP contribution in [-0.4, -0.2) is 43.7 Å². The summed E-state index contributed by atoms with van der Waals surface area (Å²) >= 11 is 1.76. The minimum atomic E-state index is -3.97. The van der Waals surface area contributed by atoms with Crippen LogP contribution in [0.3, 0.4) is 0 Å². The monoisotopic (exact) mass is 457 g/mol. The summed E-state index contributed by atoms with van der Waals surface area (Å²) in [6.07, 6.45) is 7.78. The van der Waals surface area contributed by atoms with Crippen molar-refractivity contribution in [3.8, 4) is 0 Å². The summed E-state index contributed by atoms with van der Waals surface area (Å²) < 4.78 is 31.5. The summed E-state index contributed by atoms with van der Waals surface area (Å²) in [5.41, 5.74) is 10.3. The highest BCUT2D eigenvalue weighted by Gasteiger charge is 2.29. The maximum Gasteiger partial charge on any atom is 0.264 e. The normalized spacial score (nSPS) is 19.0. The summed E-state index contributed by atoms with van der Waals surface area (Å²) in [6, 6.07) is 16.5. The lowest BCUT2D eigenvalue weighted by atomic mass is 9.99. The van der Waals surface area contributed by atoms with Crippen molar-refractivity contribution in [2.45, 2.75) is 23.1 Å². The van der Waals surface area contributed by atoms with Crippen molar-refractivity contribution in [3.05, 3.63) is 72.4 Å². The van der Waals surface area contributed by atoms with Gasteiger partial charge in [0.1, 0.15) is 0 Å². The average Bonchev–Trinajstić information content (AvgIpc) is 3.09. The van der Waals surface area contributed by atoms with Gasteiger partial charge in [-0.1, -0.05) is 42.1 Å². The van der Waals surface area contributed by atoms with E-state index in [1.807, 2.05) is 24.3 Å². The molecule has 0 aliphatic carbocycles. The highest BCUT2D eigenvalue weighted by molar-refractivity contribution is 8.00. The van der Waals surface area contributed by atoms with Gasteiger partial charge in [-0.3, -0.25) is 4.55 Å². The molecule has 2 aromatic carbocycles. The molecule has 1 unspecified atom stereocenters. The van der Waals surface area contributed by atoms with E-state index in [2.05, 4.69) is 52.4 Å². The van der Waals surface area contributed by atoms with E-state index in [9.17, 15) is 8.42 Å². The molecule has 6 nitrogen and oxygen atoms in total. The quantitative estimate of drug-likeness (QED) is 0.580. The Morgan fingerprint density at radius 1 is 1.03 bits per heavy atom. The molecule has 2 aliphatic rings. The maximum atomic E-state index is 11.2. The molecule has 0 amide bonds. The third kappa shape index (κ3) is 5.15. The zero-order valence-corrected chi connectivity index (χ0v) is 18.9. The second-order valence-electron chi connectivity index (χ2n) is 7.60. The van der Waals surface area contributed by atoms with Crippen LogP contribution < -0.4 is 15.5 Å². The van der Waals surface area contributed by atoms with Crippen molar-refractivity contribution >= 4 is 38.8 Å². The van der Waals surface area contributed by atoms with Gasteiger partial charge in [-0.15, -0.1) is 0 Å². The summed E-state index contributed by atoms with van der Waals surface area (Å²) in [7, 11) is -3.97. The third-order valence-corrected chi connectivity index (χ3v) is 7.45. The van der Waals surface area contributed by atoms with Gasteiger partial charge < -0.3 is 15.5 Å². The molecule has 0 radical (unpaired) electrons. The van der Waals surface area contributed by atoms with E-state index in [1.165, 1.54) is 16.1 Å². The molecule has 164 valence electrons. The largest absolute Gasteiger partial charge is 0.355 e. The van der Waals surface area contributed by atoms with Crippen LogP contribution in [0.4, 0.5) is 11.4 Å². The van der Waals surface area contributed by atoms with Crippen LogP contribution in [0.1, 0.15) is 18.4 Å². The molecule has 0 saturated carbocycles. The van der Waals surface area contributed by atoms with Gasteiger partial charge >= 0.3 is 0 Å². The lowest BCUT2D eigenvalue weighted by Gasteiger charge is -2.29. The Hall–Kier alpha value is -2.26. The van der Waals surface area contributed by atoms with Crippen LogP contribution >= 0.6 is 11.8 Å². The van der Waals surface area contributed by atoms with Crippen molar-refractivity contribution in [3.63, 3.8) is 0 Å². The Morgan fingerprint density at radius 3 is 2.55 bits per heavy atom. The lowest BCUT2D eigenvalue weighted by molar-refractivity contribution is 0.481. The molecule has 2 aliphatic heterocycles. The van der Waals surface area contributed by atoms with E-state index in [0.29, 0.717) is 19.5 Å². The molecule has 3 N–H and O–H groups in total. The second kappa shape index (κ2) is 9.48. The van der Waals surface area contributed by atoms with Gasteiger partial charge in [0.15, 0.2) is 0 Å². The number of anilines is 2. The number of nitrogens with two attached hydrogens (primary N) is 1. The lowest BCUT2D eigenvalue weighted by Crippen LogP contribution is -2.30. The second-order valence-corrected chi connectivity index (χ2v) is 10.3. The molecular formula is C23H27N3O3S2. The molecule has 2 aromatic rings. The van der Waals surface area contributed by atoms with Crippen molar-refractivity contribution in [2.75, 3.05) is 35.2 Å². The molecule has 0 spiro atoms. The van der Waals surface area contributed by atoms with Crippen LogP contribution in [0.25, 0.3) is 5.57 Å². The van der Waals surface area contributed by atoms with E-state index in [4.69, 9.17) is 10.3 Å². The number of benzene rings is 2. The van der Waals surface area contributed by atoms with Crippen LogP contribution in [0, 0.1) is 0 Å². The Balaban J connectivity index is 1.62. The van der Waals surface area contributed by atoms with Gasteiger partial charge in [0.25, 0.3) is 10.1 Å². The fourth-order valence-electron chi connectivity index (χ4n) is 3.98. The third-order valence-electron chi connectivity index (χ3n) is 5.41. The van der Waals surface area contributed by atoms with Gasteiger partial charge in [0.05, 0.1) is 16.8 Å². The molecule has 4 rings (SSSR count). The van der Waals surface area contributed by atoms with Gasteiger partial charge in [-0.2, -0.15) is 8.42 Å². The highest BCUT2D eigenvalue weighted by atomic mass is 32.2. The molecular weight excluding hydrogens is 430 g/mol. The number of hydrogen-bond donors (Lipinski definition) is 2. The van der Waals surface area contributed by atoms with Crippen LogP contribution in [0.15, 0.2) is 71.8 Å². The predicted molar refractivity (Wildman–Crippen MR) is 129 cm³/mol. The zero-order chi connectivity index (χ0) is 21.8. The summed E-state index contributed by atoms with van der Waals surface area (Å²) in [6.45, 7) is 2.08. The van der Waals surface area contributed by atoms with Crippen molar-refractivity contribution in [1.82, 2.24) is 0 Å². The number of fused-ring (bicyclic) bond motifs is 2. The summed E-state index contributed by atoms with van der Waals surface area (Å²) in [4.78, 5) is 5.63. The molecule has 0 bridgehead atoms. The standard InChI is InChI=1S/C23H27N3O3S2/c24-12-5-13-25-15-11-18(19-7-1-2-8-20(19)25)17-23-26(14-6-16-31(27,28)29)21-9-3-4-10-22(21)30-23/h1-4,7-11,15,17,23H,5-6,12-14,16,24H2,(H,27,28,29). The summed E-state index contributed by atoms with van der Waals surface area (Å²) in [5, 5.41) is 0.0436. The molecule has 0 saturated heterocycles. The van der Waals surface area contributed by atoms with Crippen molar-refractivity contribution in [1.29, 1.82) is 0 Å². The maximum absolute atomic E-state index is 11.2. The van der Waals surface area contributed by atoms with E-state index in [-0.39, 0.29) is 11.1 Å². The van der Waals surface area contributed by atoms with Crippen LogP contribution in [0.2, 0.25) is 0 Å². The van der Waals surface area contributed by atoms with Crippen LogP contribution in [0.5, 0.6) is 0 Å². The highest BCUT2D eigenvalue weighted by Crippen LogP contribution is 2.45. The van der Waals surface area contributed by atoms with Crippen molar-refractivity contribution < 1.29 is 13.0 Å². The number of para-hydroxylation sites is 2. The van der Waals surface area contributed by atoms with E-state index >= 15 is 0 Å². The first-order valence-electron chi connectivity index (χ1n) is 10.4. The molecule has 31 heavy (non-hydrogen) atoms. The van der Waals surface area contributed by atoms with Gasteiger partial charge in [-0.05, 0) is 55.3 Å². The van der Waals surface area contributed by atoms with E-state index in [0.717, 1.165) is 24.2 Å².